The normalized spacial score (nSPS) is 10.7. The van der Waals surface area contributed by atoms with E-state index in [-0.39, 0.29) is 16.9 Å². The van der Waals surface area contributed by atoms with E-state index in [1.54, 1.807) is 37.4 Å². The van der Waals surface area contributed by atoms with Crippen molar-refractivity contribution in [3.63, 3.8) is 0 Å². The molecule has 0 saturated heterocycles. The highest BCUT2D eigenvalue weighted by Crippen LogP contribution is 2.31. The van der Waals surface area contributed by atoms with E-state index >= 15 is 0 Å². The Hall–Kier alpha value is -2.36. The lowest BCUT2D eigenvalue weighted by Crippen LogP contribution is -2.21. The maximum atomic E-state index is 13.0. The van der Waals surface area contributed by atoms with Crippen LogP contribution in [-0.4, -0.2) is 16.4 Å². The largest absolute Gasteiger partial charge is 0.288 e. The number of thiazole rings is 1. The molecule has 0 atom stereocenters. The number of ketones is 1. The molecule has 0 unspecified atom stereocenters. The molecule has 3 aromatic rings. The maximum Gasteiger partial charge on any atom is 0.275 e. The van der Waals surface area contributed by atoms with E-state index in [0.717, 1.165) is 5.69 Å². The smallest absolute Gasteiger partial charge is 0.275 e. The molecule has 23 heavy (non-hydrogen) atoms. The van der Waals surface area contributed by atoms with Crippen LogP contribution in [0.3, 0.4) is 0 Å². The summed E-state index contributed by atoms with van der Waals surface area (Å²) >= 11 is 2.60. The summed E-state index contributed by atoms with van der Waals surface area (Å²) in [6, 6.07) is 10.9. The summed E-state index contributed by atoms with van der Waals surface area (Å²) in [5, 5.41) is 11.2. The first-order chi connectivity index (χ1) is 11.1. The Labute approximate surface area is 141 Å². The number of hydrogen-bond donors (Lipinski definition) is 0. The number of carbonyl (C=O) groups is 1. The van der Waals surface area contributed by atoms with Crippen LogP contribution in [0.4, 0.5) is 0 Å². The van der Waals surface area contributed by atoms with Gasteiger partial charge in [0.05, 0.1) is 5.56 Å². The number of rotatable bonds is 3. The van der Waals surface area contributed by atoms with Gasteiger partial charge in [0.25, 0.3) is 5.56 Å². The Morgan fingerprint density at radius 1 is 1.30 bits per heavy atom. The Kier molecular flexibility index (Phi) is 4.07. The highest BCUT2D eigenvalue weighted by Gasteiger charge is 2.24. The molecular formula is C17H12N2O2S2. The molecule has 0 N–H and O–H groups in total. The first kappa shape index (κ1) is 15.5. The van der Waals surface area contributed by atoms with Crippen molar-refractivity contribution in [3.05, 3.63) is 68.4 Å². The van der Waals surface area contributed by atoms with Crippen LogP contribution in [0.2, 0.25) is 0 Å². The van der Waals surface area contributed by atoms with Crippen molar-refractivity contribution in [1.82, 2.24) is 4.40 Å². The minimum atomic E-state index is -0.366. The van der Waals surface area contributed by atoms with Crippen LogP contribution in [0.25, 0.3) is 4.83 Å². The van der Waals surface area contributed by atoms with Gasteiger partial charge in [-0.1, -0.05) is 30.3 Å². The molecule has 6 heteroatoms. The average molecular weight is 340 g/mol. The van der Waals surface area contributed by atoms with Crippen LogP contribution in [0, 0.1) is 18.3 Å². The molecule has 0 bridgehead atoms. The molecule has 0 aliphatic heterocycles. The van der Waals surface area contributed by atoms with Gasteiger partial charge < -0.3 is 0 Å². The minimum absolute atomic E-state index is 0.0239. The lowest BCUT2D eigenvalue weighted by molar-refractivity contribution is 0.103. The van der Waals surface area contributed by atoms with Gasteiger partial charge in [0, 0.05) is 21.5 Å². The molecule has 0 amide bonds. The molecule has 0 radical (unpaired) electrons. The van der Waals surface area contributed by atoms with Crippen LogP contribution in [0.1, 0.15) is 27.2 Å². The molecule has 4 nitrogen and oxygen atoms in total. The number of nitrogens with zero attached hydrogens (tertiary/aromatic N) is 2. The fourth-order valence-corrected chi connectivity index (χ4v) is 4.33. The van der Waals surface area contributed by atoms with E-state index in [9.17, 15) is 14.9 Å². The lowest BCUT2D eigenvalue weighted by Gasteiger charge is -2.11. The number of fused-ring (bicyclic) bond motifs is 1. The summed E-state index contributed by atoms with van der Waals surface area (Å²) in [7, 11) is 0. The quantitative estimate of drug-likeness (QED) is 0.541. The van der Waals surface area contributed by atoms with Gasteiger partial charge in [-0.2, -0.15) is 5.26 Å². The number of aromatic nitrogens is 1. The second-order valence-corrected chi connectivity index (χ2v) is 6.59. The van der Waals surface area contributed by atoms with Crippen LogP contribution in [-0.2, 0) is 0 Å². The summed E-state index contributed by atoms with van der Waals surface area (Å²) in [5.74, 6) is -0.175. The standard InChI is InChI=1S/C17H12N2O2S2/c1-10-9-23-17-13(14(20)11-6-4-3-5-7-11)15(22-2)12(8-18)16(21)19(10)17/h3-7,9H,1-2H3. The highest BCUT2D eigenvalue weighted by atomic mass is 32.2. The summed E-state index contributed by atoms with van der Waals surface area (Å²) in [6.07, 6.45) is 1.77. The van der Waals surface area contributed by atoms with Gasteiger partial charge in [0.15, 0.2) is 5.78 Å². The van der Waals surface area contributed by atoms with E-state index in [1.165, 1.54) is 27.5 Å². The molecule has 2 heterocycles. The number of benzene rings is 1. The van der Waals surface area contributed by atoms with Crippen molar-refractivity contribution < 1.29 is 4.79 Å². The van der Waals surface area contributed by atoms with Gasteiger partial charge in [-0.25, -0.2) is 0 Å². The summed E-state index contributed by atoms with van der Waals surface area (Å²) in [5.41, 5.74) is 1.35. The van der Waals surface area contributed by atoms with Crippen molar-refractivity contribution in [2.75, 3.05) is 6.26 Å². The van der Waals surface area contributed by atoms with Gasteiger partial charge in [-0.15, -0.1) is 23.1 Å². The molecule has 114 valence electrons. The molecule has 2 aromatic heterocycles. The molecule has 0 fully saturated rings. The zero-order valence-corrected chi connectivity index (χ0v) is 14.1. The minimum Gasteiger partial charge on any atom is -0.288 e. The molecule has 0 saturated carbocycles. The van der Waals surface area contributed by atoms with Crippen LogP contribution >= 0.6 is 23.1 Å². The number of hydrogen-bond acceptors (Lipinski definition) is 5. The summed E-state index contributed by atoms with van der Waals surface area (Å²) in [6.45, 7) is 1.79. The number of pyridine rings is 1. The van der Waals surface area contributed by atoms with E-state index in [4.69, 9.17) is 0 Å². The number of carbonyl (C=O) groups excluding carboxylic acids is 1. The Bertz CT molecular complexity index is 1010. The van der Waals surface area contributed by atoms with E-state index in [1.807, 2.05) is 17.5 Å². The first-order valence-electron chi connectivity index (χ1n) is 6.80. The van der Waals surface area contributed by atoms with Crippen LogP contribution < -0.4 is 5.56 Å². The molecule has 0 spiro atoms. The van der Waals surface area contributed by atoms with Crippen molar-refractivity contribution >= 4 is 33.7 Å². The Balaban J connectivity index is 2.45. The third-order valence-corrected chi connectivity index (χ3v) is 5.45. The van der Waals surface area contributed by atoms with Crippen LogP contribution in [0.15, 0.2) is 45.4 Å². The van der Waals surface area contributed by atoms with Gasteiger partial charge in [-0.3, -0.25) is 14.0 Å². The number of aryl methyl sites for hydroxylation is 1. The molecular weight excluding hydrogens is 328 g/mol. The van der Waals surface area contributed by atoms with Crippen LogP contribution in [0.5, 0.6) is 0 Å². The number of thioether (sulfide) groups is 1. The summed E-state index contributed by atoms with van der Waals surface area (Å²) < 4.78 is 1.46. The van der Waals surface area contributed by atoms with Crippen molar-refractivity contribution in [1.29, 1.82) is 5.26 Å². The molecule has 3 rings (SSSR count). The highest BCUT2D eigenvalue weighted by molar-refractivity contribution is 7.98. The second kappa shape index (κ2) is 6.03. The monoisotopic (exact) mass is 340 g/mol. The molecule has 0 aliphatic carbocycles. The van der Waals surface area contributed by atoms with E-state index in [0.29, 0.717) is 20.9 Å². The van der Waals surface area contributed by atoms with Gasteiger partial charge in [-0.05, 0) is 13.2 Å². The average Bonchev–Trinajstić information content (AvgIpc) is 2.96. The fraction of sp³-hybridized carbons (Fsp3) is 0.118. The van der Waals surface area contributed by atoms with Crippen molar-refractivity contribution in [2.45, 2.75) is 11.8 Å². The van der Waals surface area contributed by atoms with Crippen molar-refractivity contribution in [2.24, 2.45) is 0 Å². The zero-order chi connectivity index (χ0) is 16.6. The van der Waals surface area contributed by atoms with E-state index < -0.39 is 0 Å². The van der Waals surface area contributed by atoms with Gasteiger partial charge >= 0.3 is 0 Å². The first-order valence-corrected chi connectivity index (χ1v) is 8.91. The fourth-order valence-electron chi connectivity index (χ4n) is 2.50. The zero-order valence-electron chi connectivity index (χ0n) is 12.5. The Morgan fingerprint density at radius 2 is 2.00 bits per heavy atom. The third kappa shape index (κ3) is 2.38. The SMILES string of the molecule is CSc1c(C#N)c(=O)n2c(C)csc2c1C(=O)c1ccccc1. The molecule has 0 aliphatic rings. The second-order valence-electron chi connectivity index (χ2n) is 4.91. The van der Waals surface area contributed by atoms with Gasteiger partial charge in [0.2, 0.25) is 0 Å². The lowest BCUT2D eigenvalue weighted by atomic mass is 10.0. The van der Waals surface area contributed by atoms with E-state index in [2.05, 4.69) is 0 Å². The number of nitriles is 1. The topological polar surface area (TPSA) is 62.3 Å². The van der Waals surface area contributed by atoms with Gasteiger partial charge in [0.1, 0.15) is 16.5 Å². The third-order valence-electron chi connectivity index (χ3n) is 3.56. The summed E-state index contributed by atoms with van der Waals surface area (Å²) in [4.78, 5) is 26.6. The predicted molar refractivity (Wildman–Crippen MR) is 92.7 cm³/mol. The maximum absolute atomic E-state index is 13.0. The Morgan fingerprint density at radius 3 is 2.61 bits per heavy atom. The van der Waals surface area contributed by atoms with Crippen molar-refractivity contribution in [3.8, 4) is 6.07 Å². The molecule has 1 aromatic carbocycles. The predicted octanol–water partition coefficient (Wildman–Crippen LogP) is 3.49.